The van der Waals surface area contributed by atoms with Crippen LogP contribution in [0.15, 0.2) is 22.2 Å². The van der Waals surface area contributed by atoms with Crippen LogP contribution in [0.25, 0.3) is 6.08 Å². The van der Waals surface area contributed by atoms with E-state index in [2.05, 4.69) is 20.3 Å². The number of allylic oxidation sites excluding steroid dienone is 1. The highest BCUT2D eigenvalue weighted by Gasteiger charge is 2.35. The van der Waals surface area contributed by atoms with E-state index in [1.807, 2.05) is 0 Å². The van der Waals surface area contributed by atoms with E-state index in [9.17, 15) is 21.6 Å². The predicted octanol–water partition coefficient (Wildman–Crippen LogP) is 0.411. The Morgan fingerprint density at radius 2 is 1.77 bits per heavy atom. The average Bonchev–Trinajstić information content (AvgIpc) is 3.14. The summed E-state index contributed by atoms with van der Waals surface area (Å²) in [6.07, 6.45) is 3.74. The van der Waals surface area contributed by atoms with E-state index in [0.717, 1.165) is 0 Å². The minimum Gasteiger partial charge on any atom is -0.481 e. The molecule has 0 spiro atoms. The number of aromatic nitrogens is 4. The molecule has 0 fully saturated rings. The summed E-state index contributed by atoms with van der Waals surface area (Å²) in [6, 6.07) is 0.144. The Morgan fingerprint density at radius 1 is 1.13 bits per heavy atom. The lowest BCUT2D eigenvalue weighted by atomic mass is 10.3. The zero-order valence-corrected chi connectivity index (χ0v) is 18.4. The number of carbonyl (C=O) groups excluding carboxylic acids is 1. The lowest BCUT2D eigenvalue weighted by Crippen LogP contribution is -2.36. The van der Waals surface area contributed by atoms with Gasteiger partial charge in [-0.1, -0.05) is 13.0 Å². The second-order valence-electron chi connectivity index (χ2n) is 6.16. The Labute approximate surface area is 178 Å². The number of imidazole rings is 1. The number of ether oxygens (including phenoxy) is 2. The van der Waals surface area contributed by atoms with Gasteiger partial charge in [-0.05, 0) is 12.5 Å². The second-order valence-corrected chi connectivity index (χ2v) is 9.95. The van der Waals surface area contributed by atoms with E-state index in [4.69, 9.17) is 9.47 Å². The van der Waals surface area contributed by atoms with Crippen molar-refractivity contribution in [2.45, 2.75) is 29.9 Å². The number of amides is 2. The van der Waals surface area contributed by atoms with Crippen molar-refractivity contribution in [3.05, 3.63) is 18.0 Å². The summed E-state index contributed by atoms with van der Waals surface area (Å²) in [6.45, 7) is 1.56. The van der Waals surface area contributed by atoms with Crippen molar-refractivity contribution in [3.63, 3.8) is 0 Å². The second kappa shape index (κ2) is 8.50. The summed E-state index contributed by atoms with van der Waals surface area (Å²) in [5.74, 6) is -0.348. The van der Waals surface area contributed by atoms with Crippen molar-refractivity contribution in [1.82, 2.24) is 24.2 Å². The van der Waals surface area contributed by atoms with Crippen molar-refractivity contribution < 1.29 is 31.1 Å². The number of sulfonamides is 1. The van der Waals surface area contributed by atoms with Gasteiger partial charge in [-0.2, -0.15) is 18.4 Å². The fourth-order valence-corrected chi connectivity index (χ4v) is 5.47. The van der Waals surface area contributed by atoms with Crippen LogP contribution in [0.2, 0.25) is 0 Å². The summed E-state index contributed by atoms with van der Waals surface area (Å²) in [5.41, 5.74) is 0. The lowest BCUT2D eigenvalue weighted by Gasteiger charge is -2.14. The van der Waals surface area contributed by atoms with Crippen LogP contribution < -0.4 is 19.5 Å². The highest BCUT2D eigenvalue weighted by Crippen LogP contribution is 2.27. The zero-order chi connectivity index (χ0) is 22.8. The van der Waals surface area contributed by atoms with Gasteiger partial charge in [0, 0.05) is 6.54 Å². The molecule has 3 rings (SSSR count). The number of nitrogens with zero attached hydrogens (tertiary/aromatic N) is 4. The van der Waals surface area contributed by atoms with Gasteiger partial charge in [-0.3, -0.25) is 5.32 Å². The molecule has 0 aromatic carbocycles. The zero-order valence-electron chi connectivity index (χ0n) is 16.8. The highest BCUT2D eigenvalue weighted by atomic mass is 32.2. The van der Waals surface area contributed by atoms with Gasteiger partial charge in [-0.15, -0.1) is 0 Å². The van der Waals surface area contributed by atoms with E-state index in [0.29, 0.717) is 6.42 Å². The van der Waals surface area contributed by atoms with Crippen LogP contribution in [0.5, 0.6) is 11.8 Å². The van der Waals surface area contributed by atoms with Crippen LogP contribution in [0, 0.1) is 0 Å². The third-order valence-electron chi connectivity index (χ3n) is 4.19. The molecule has 0 saturated carbocycles. The van der Waals surface area contributed by atoms with Gasteiger partial charge in [0.15, 0.2) is 19.9 Å². The number of carbonyl (C=O) groups is 1. The number of urea groups is 1. The molecule has 0 aliphatic carbocycles. The molecule has 13 nitrogen and oxygen atoms in total. The summed E-state index contributed by atoms with van der Waals surface area (Å²) in [4.78, 5) is 24.1. The molecule has 3 heterocycles. The number of hydrogen-bond donors (Lipinski definition) is 2. The Hall–Kier alpha value is -3.20. The maximum Gasteiger partial charge on any atom is 0.335 e. The molecule has 15 heteroatoms. The predicted molar refractivity (Wildman–Crippen MR) is 108 cm³/mol. The van der Waals surface area contributed by atoms with Crippen molar-refractivity contribution >= 4 is 37.9 Å². The third-order valence-corrected chi connectivity index (χ3v) is 7.33. The fourth-order valence-electron chi connectivity index (χ4n) is 2.73. The molecule has 0 bridgehead atoms. The SMILES string of the molecule is CCS(=O)(=O)c1nc2n(c1S(=O)(=O)NC(=O)Nc1nc(OC)cc(OC)n1)CCC=C2. The molecule has 2 aromatic rings. The van der Waals surface area contributed by atoms with Gasteiger partial charge in [0.1, 0.15) is 5.82 Å². The van der Waals surface area contributed by atoms with Crippen molar-refractivity contribution in [2.24, 2.45) is 0 Å². The maximum absolute atomic E-state index is 13.0. The molecule has 2 N–H and O–H groups in total. The van der Waals surface area contributed by atoms with Crippen molar-refractivity contribution in [1.29, 1.82) is 0 Å². The topological polar surface area (TPSA) is 171 Å². The van der Waals surface area contributed by atoms with Gasteiger partial charge in [0.05, 0.1) is 26.0 Å². The Bertz CT molecular complexity index is 1230. The van der Waals surface area contributed by atoms with Crippen molar-refractivity contribution in [3.8, 4) is 11.8 Å². The molecular formula is C16H20N6O7S2. The summed E-state index contributed by atoms with van der Waals surface area (Å²) in [7, 11) is -5.95. The third kappa shape index (κ3) is 4.61. The standard InChI is InChI=1S/C16H20N6O7S2/c1-4-30(24,25)13-14(22-8-6-5-7-10(22)17-13)31(26,27)21-16(23)20-15-18-11(28-2)9-12(19-15)29-3/h5,7,9H,4,6,8H2,1-3H3,(H2,18,19,20,21,23). The van der Waals surface area contributed by atoms with Gasteiger partial charge < -0.3 is 14.0 Å². The molecule has 1 aliphatic heterocycles. The van der Waals surface area contributed by atoms with Crippen molar-refractivity contribution in [2.75, 3.05) is 25.3 Å². The molecule has 31 heavy (non-hydrogen) atoms. The normalized spacial score (nSPS) is 13.4. The molecule has 0 radical (unpaired) electrons. The molecule has 1 aliphatic rings. The Morgan fingerprint density at radius 3 is 2.35 bits per heavy atom. The molecule has 168 valence electrons. The number of sulfone groups is 1. The number of methoxy groups -OCH3 is 2. The van der Waals surface area contributed by atoms with Gasteiger partial charge in [-0.25, -0.2) is 22.9 Å². The monoisotopic (exact) mass is 472 g/mol. The van der Waals surface area contributed by atoms with Gasteiger partial charge >= 0.3 is 6.03 Å². The largest absolute Gasteiger partial charge is 0.481 e. The first kappa shape index (κ1) is 22.5. The van der Waals surface area contributed by atoms with E-state index < -0.39 is 35.9 Å². The quantitative estimate of drug-likeness (QED) is 0.575. The molecule has 0 atom stereocenters. The van der Waals surface area contributed by atoms with Crippen LogP contribution in [0.1, 0.15) is 19.2 Å². The lowest BCUT2D eigenvalue weighted by molar-refractivity contribution is 0.256. The van der Waals surface area contributed by atoms with Crippen LogP contribution in [0.3, 0.4) is 0 Å². The minimum atomic E-state index is -4.63. The number of hydrogen-bond acceptors (Lipinski definition) is 10. The first-order valence-corrected chi connectivity index (χ1v) is 12.1. The van der Waals surface area contributed by atoms with E-state index in [-0.39, 0.29) is 35.8 Å². The molecular weight excluding hydrogens is 452 g/mol. The maximum atomic E-state index is 13.0. The number of anilines is 1. The van der Waals surface area contributed by atoms with Crippen LogP contribution >= 0.6 is 0 Å². The summed E-state index contributed by atoms with van der Waals surface area (Å²) >= 11 is 0. The first-order chi connectivity index (χ1) is 14.6. The summed E-state index contributed by atoms with van der Waals surface area (Å²) in [5, 5.41) is 0.939. The number of rotatable bonds is 7. The molecule has 2 amide bonds. The van der Waals surface area contributed by atoms with Gasteiger partial charge in [0.2, 0.25) is 17.7 Å². The number of fused-ring (bicyclic) bond motifs is 1. The van der Waals surface area contributed by atoms with E-state index >= 15 is 0 Å². The van der Waals surface area contributed by atoms with Crippen LogP contribution in [-0.4, -0.2) is 62.4 Å². The minimum absolute atomic E-state index is 0.0676. The molecule has 0 saturated heterocycles. The highest BCUT2D eigenvalue weighted by molar-refractivity contribution is 7.93. The Kier molecular flexibility index (Phi) is 6.17. The first-order valence-electron chi connectivity index (χ1n) is 8.92. The fraction of sp³-hybridized carbons (Fsp3) is 0.375. The summed E-state index contributed by atoms with van der Waals surface area (Å²) < 4.78 is 63.8. The van der Waals surface area contributed by atoms with Crippen LogP contribution in [0.4, 0.5) is 10.7 Å². The van der Waals surface area contributed by atoms with E-state index in [1.54, 1.807) is 10.8 Å². The molecule has 2 aromatic heterocycles. The smallest absolute Gasteiger partial charge is 0.335 e. The van der Waals surface area contributed by atoms with Gasteiger partial charge in [0.25, 0.3) is 10.0 Å². The number of nitrogens with one attached hydrogen (secondary N) is 2. The van der Waals surface area contributed by atoms with Crippen LogP contribution in [-0.2, 0) is 26.4 Å². The molecule has 0 unspecified atom stereocenters. The Balaban J connectivity index is 1.95. The van der Waals surface area contributed by atoms with E-state index in [1.165, 1.54) is 37.9 Å². The average molecular weight is 473 g/mol.